The molecule has 1 fully saturated rings. The summed E-state index contributed by atoms with van der Waals surface area (Å²) >= 11 is 0. The highest BCUT2D eigenvalue weighted by atomic mass is 15.2. The third-order valence-electron chi connectivity index (χ3n) is 2.63. The van der Waals surface area contributed by atoms with Crippen molar-refractivity contribution in [3.05, 3.63) is 36.4 Å². The van der Waals surface area contributed by atoms with Gasteiger partial charge in [0.25, 0.3) is 0 Å². The van der Waals surface area contributed by atoms with Crippen LogP contribution in [0.25, 0.3) is 6.08 Å². The number of hydrogen-bond donors (Lipinski definition) is 0. The molecule has 0 aromatic heterocycles. The number of nitrogens with zero attached hydrogens (tertiary/aromatic N) is 1. The summed E-state index contributed by atoms with van der Waals surface area (Å²) < 4.78 is 0. The average molecular weight is 173 g/mol. The first-order chi connectivity index (χ1) is 6.33. The van der Waals surface area contributed by atoms with Crippen LogP contribution in [0, 0.1) is 0 Å². The van der Waals surface area contributed by atoms with Gasteiger partial charge in [-0.15, -0.1) is 0 Å². The third-order valence-corrected chi connectivity index (χ3v) is 2.63. The standard InChI is InChI=1S/C12H15N/c1-3-10-6-4-5-7-12(10)13(2)11-8-9-11/h3-7,11H,1,8-9H2,2H3. The topological polar surface area (TPSA) is 3.24 Å². The van der Waals surface area contributed by atoms with E-state index < -0.39 is 0 Å². The van der Waals surface area contributed by atoms with Crippen LogP contribution in [-0.4, -0.2) is 13.1 Å². The SMILES string of the molecule is C=Cc1ccccc1N(C)C1CC1. The van der Waals surface area contributed by atoms with E-state index in [2.05, 4.69) is 42.8 Å². The molecule has 0 spiro atoms. The van der Waals surface area contributed by atoms with E-state index in [9.17, 15) is 0 Å². The van der Waals surface area contributed by atoms with E-state index in [-0.39, 0.29) is 0 Å². The summed E-state index contributed by atoms with van der Waals surface area (Å²) in [5.74, 6) is 0. The summed E-state index contributed by atoms with van der Waals surface area (Å²) in [4.78, 5) is 2.36. The van der Waals surface area contributed by atoms with E-state index in [0.29, 0.717) is 0 Å². The minimum atomic E-state index is 0.765. The van der Waals surface area contributed by atoms with Crippen LogP contribution in [0.15, 0.2) is 30.8 Å². The predicted octanol–water partition coefficient (Wildman–Crippen LogP) is 2.93. The second-order valence-electron chi connectivity index (χ2n) is 3.61. The quantitative estimate of drug-likeness (QED) is 0.679. The Hall–Kier alpha value is -1.24. The Morgan fingerprint density at radius 2 is 2.08 bits per heavy atom. The Morgan fingerprint density at radius 1 is 1.38 bits per heavy atom. The normalized spacial score (nSPS) is 15.5. The zero-order valence-corrected chi connectivity index (χ0v) is 8.03. The molecule has 1 heteroatoms. The van der Waals surface area contributed by atoms with Crippen LogP contribution >= 0.6 is 0 Å². The molecule has 0 unspecified atom stereocenters. The van der Waals surface area contributed by atoms with Crippen LogP contribution in [0.3, 0.4) is 0 Å². The summed E-state index contributed by atoms with van der Waals surface area (Å²) in [6, 6.07) is 9.18. The lowest BCUT2D eigenvalue weighted by Gasteiger charge is -2.20. The van der Waals surface area contributed by atoms with Crippen LogP contribution in [0.1, 0.15) is 18.4 Å². The fraction of sp³-hybridized carbons (Fsp3) is 0.333. The summed E-state index contributed by atoms with van der Waals surface area (Å²) in [6.45, 7) is 3.83. The van der Waals surface area contributed by atoms with E-state index in [1.54, 1.807) is 0 Å². The fourth-order valence-electron chi connectivity index (χ4n) is 1.64. The van der Waals surface area contributed by atoms with Gasteiger partial charge in [0, 0.05) is 18.8 Å². The lowest BCUT2D eigenvalue weighted by Crippen LogP contribution is -2.20. The lowest BCUT2D eigenvalue weighted by atomic mass is 10.1. The van der Waals surface area contributed by atoms with E-state index in [1.807, 2.05) is 6.08 Å². The number of anilines is 1. The van der Waals surface area contributed by atoms with Crippen LogP contribution in [0.2, 0.25) is 0 Å². The summed E-state index contributed by atoms with van der Waals surface area (Å²) in [7, 11) is 2.17. The van der Waals surface area contributed by atoms with E-state index in [1.165, 1.54) is 24.1 Å². The number of benzene rings is 1. The van der Waals surface area contributed by atoms with Gasteiger partial charge in [-0.3, -0.25) is 0 Å². The molecule has 0 radical (unpaired) electrons. The van der Waals surface area contributed by atoms with Gasteiger partial charge in [0.1, 0.15) is 0 Å². The number of para-hydroxylation sites is 1. The molecule has 1 aromatic carbocycles. The molecule has 68 valence electrons. The molecule has 0 heterocycles. The van der Waals surface area contributed by atoms with Gasteiger partial charge in [-0.05, 0) is 24.5 Å². The molecule has 0 saturated heterocycles. The molecule has 2 rings (SSSR count). The molecule has 0 bridgehead atoms. The van der Waals surface area contributed by atoms with Crippen molar-refractivity contribution in [2.75, 3.05) is 11.9 Å². The van der Waals surface area contributed by atoms with E-state index in [4.69, 9.17) is 0 Å². The maximum atomic E-state index is 3.83. The Morgan fingerprint density at radius 3 is 2.69 bits per heavy atom. The number of rotatable bonds is 3. The van der Waals surface area contributed by atoms with E-state index >= 15 is 0 Å². The molecule has 0 aliphatic heterocycles. The van der Waals surface area contributed by atoms with Gasteiger partial charge in [0.2, 0.25) is 0 Å². The first kappa shape index (κ1) is 8.36. The molecular weight excluding hydrogens is 158 g/mol. The van der Waals surface area contributed by atoms with Gasteiger partial charge < -0.3 is 4.90 Å². The van der Waals surface area contributed by atoms with Crippen LogP contribution in [-0.2, 0) is 0 Å². The third kappa shape index (κ3) is 1.59. The molecule has 0 atom stereocenters. The van der Waals surface area contributed by atoms with Crippen LogP contribution in [0.4, 0.5) is 5.69 Å². The maximum absolute atomic E-state index is 3.83. The molecule has 0 N–H and O–H groups in total. The molecule has 1 nitrogen and oxygen atoms in total. The van der Waals surface area contributed by atoms with Crippen molar-refractivity contribution >= 4 is 11.8 Å². The minimum Gasteiger partial charge on any atom is -0.371 e. The van der Waals surface area contributed by atoms with Crippen molar-refractivity contribution in [1.82, 2.24) is 0 Å². The highest BCUT2D eigenvalue weighted by Crippen LogP contribution is 2.32. The molecule has 1 aromatic rings. The molecule has 13 heavy (non-hydrogen) atoms. The summed E-state index contributed by atoms with van der Waals surface area (Å²) in [6.07, 6.45) is 4.60. The Kier molecular flexibility index (Phi) is 2.09. The first-order valence-electron chi connectivity index (χ1n) is 4.77. The number of hydrogen-bond acceptors (Lipinski definition) is 1. The largest absolute Gasteiger partial charge is 0.371 e. The summed E-state index contributed by atoms with van der Waals surface area (Å²) in [5.41, 5.74) is 2.54. The van der Waals surface area contributed by atoms with Crippen molar-refractivity contribution in [2.24, 2.45) is 0 Å². The van der Waals surface area contributed by atoms with Crippen molar-refractivity contribution in [2.45, 2.75) is 18.9 Å². The van der Waals surface area contributed by atoms with Gasteiger partial charge >= 0.3 is 0 Å². The summed E-state index contributed by atoms with van der Waals surface area (Å²) in [5, 5.41) is 0. The van der Waals surface area contributed by atoms with E-state index in [0.717, 1.165) is 6.04 Å². The van der Waals surface area contributed by atoms with Crippen molar-refractivity contribution in [3.8, 4) is 0 Å². The Balaban J connectivity index is 2.31. The maximum Gasteiger partial charge on any atom is 0.0439 e. The highest BCUT2D eigenvalue weighted by molar-refractivity contribution is 5.67. The zero-order chi connectivity index (χ0) is 9.26. The van der Waals surface area contributed by atoms with Crippen molar-refractivity contribution in [1.29, 1.82) is 0 Å². The van der Waals surface area contributed by atoms with Gasteiger partial charge in [0.05, 0.1) is 0 Å². The molecular formula is C12H15N. The second kappa shape index (κ2) is 3.25. The van der Waals surface area contributed by atoms with Crippen LogP contribution in [0.5, 0.6) is 0 Å². The molecule has 0 amide bonds. The van der Waals surface area contributed by atoms with Gasteiger partial charge in [-0.1, -0.05) is 30.9 Å². The van der Waals surface area contributed by atoms with Gasteiger partial charge in [-0.25, -0.2) is 0 Å². The monoisotopic (exact) mass is 173 g/mol. The smallest absolute Gasteiger partial charge is 0.0439 e. The molecule has 1 saturated carbocycles. The predicted molar refractivity (Wildman–Crippen MR) is 58.0 cm³/mol. The van der Waals surface area contributed by atoms with Crippen molar-refractivity contribution < 1.29 is 0 Å². The van der Waals surface area contributed by atoms with Crippen molar-refractivity contribution in [3.63, 3.8) is 0 Å². The fourth-order valence-corrected chi connectivity index (χ4v) is 1.64. The zero-order valence-electron chi connectivity index (χ0n) is 8.03. The highest BCUT2D eigenvalue weighted by Gasteiger charge is 2.26. The molecule has 1 aliphatic rings. The second-order valence-corrected chi connectivity index (χ2v) is 3.61. The van der Waals surface area contributed by atoms with Crippen LogP contribution < -0.4 is 4.90 Å². The average Bonchev–Trinajstić information content (AvgIpc) is 3.00. The Bertz CT molecular complexity index is 313. The first-order valence-corrected chi connectivity index (χ1v) is 4.77. The van der Waals surface area contributed by atoms with Gasteiger partial charge in [0.15, 0.2) is 0 Å². The van der Waals surface area contributed by atoms with Gasteiger partial charge in [-0.2, -0.15) is 0 Å². The lowest BCUT2D eigenvalue weighted by molar-refractivity contribution is 0.916. The minimum absolute atomic E-state index is 0.765. The molecule has 1 aliphatic carbocycles. The Labute approximate surface area is 79.7 Å².